The number of piperidine rings is 1. The van der Waals surface area contributed by atoms with Gasteiger partial charge in [-0.25, -0.2) is 13.2 Å². The number of para-hydroxylation sites is 1. The molecular formula is C27H25F3N2. The molecule has 4 aromatic rings. The monoisotopic (exact) mass is 434 g/mol. The van der Waals surface area contributed by atoms with Crippen molar-refractivity contribution in [1.82, 2.24) is 9.88 Å². The van der Waals surface area contributed by atoms with Crippen LogP contribution in [0.4, 0.5) is 13.2 Å². The lowest BCUT2D eigenvalue weighted by Gasteiger charge is -2.32. The summed E-state index contributed by atoms with van der Waals surface area (Å²) >= 11 is 0. The van der Waals surface area contributed by atoms with Gasteiger partial charge in [0.15, 0.2) is 11.6 Å². The molecule has 1 aromatic heterocycles. The average molecular weight is 435 g/mol. The van der Waals surface area contributed by atoms with Crippen molar-refractivity contribution in [2.45, 2.75) is 25.2 Å². The number of benzene rings is 3. The minimum absolute atomic E-state index is 0.104. The zero-order valence-corrected chi connectivity index (χ0v) is 17.8. The van der Waals surface area contributed by atoms with E-state index in [1.165, 1.54) is 22.2 Å². The number of nitrogens with zero attached hydrogens (tertiary/aromatic N) is 1. The number of H-pyrrole nitrogens is 1. The van der Waals surface area contributed by atoms with Crippen molar-refractivity contribution in [3.05, 3.63) is 95.3 Å². The Morgan fingerprint density at radius 3 is 2.38 bits per heavy atom. The van der Waals surface area contributed by atoms with E-state index in [4.69, 9.17) is 0 Å². The van der Waals surface area contributed by atoms with Gasteiger partial charge in [-0.05, 0) is 67.1 Å². The molecule has 0 bridgehead atoms. The predicted molar refractivity (Wildman–Crippen MR) is 122 cm³/mol. The number of hydrogen-bond acceptors (Lipinski definition) is 1. The standard InChI is InChI=1S/C27H25F3N2/c28-21-16-20(26(30)23(29)17-21)12-15-32-13-10-18(11-14-32)25-22-8-4-5-9-24(22)31-27(25)19-6-2-1-3-7-19/h1-9,16-18,31H,10-15H2. The molecule has 5 rings (SSSR count). The van der Waals surface area contributed by atoms with Gasteiger partial charge in [-0.3, -0.25) is 0 Å². The summed E-state index contributed by atoms with van der Waals surface area (Å²) in [5.41, 5.74) is 4.98. The first-order valence-electron chi connectivity index (χ1n) is 11.1. The first-order valence-corrected chi connectivity index (χ1v) is 11.1. The summed E-state index contributed by atoms with van der Waals surface area (Å²) in [5, 5.41) is 1.27. The highest BCUT2D eigenvalue weighted by atomic mass is 19.2. The van der Waals surface area contributed by atoms with Crippen LogP contribution >= 0.6 is 0 Å². The van der Waals surface area contributed by atoms with E-state index >= 15 is 0 Å². The maximum absolute atomic E-state index is 14.0. The maximum atomic E-state index is 14.0. The van der Waals surface area contributed by atoms with E-state index in [9.17, 15) is 13.2 Å². The van der Waals surface area contributed by atoms with Gasteiger partial charge >= 0.3 is 0 Å². The van der Waals surface area contributed by atoms with Crippen LogP contribution in [0.15, 0.2) is 66.7 Å². The van der Waals surface area contributed by atoms with Crippen LogP contribution in [0.5, 0.6) is 0 Å². The molecule has 3 aromatic carbocycles. The Bertz CT molecular complexity index is 1220. The number of fused-ring (bicyclic) bond motifs is 1. The second-order valence-corrected chi connectivity index (χ2v) is 8.55. The van der Waals surface area contributed by atoms with Gasteiger partial charge in [-0.1, -0.05) is 48.5 Å². The average Bonchev–Trinajstić information content (AvgIpc) is 3.21. The number of hydrogen-bond donors (Lipinski definition) is 1. The highest BCUT2D eigenvalue weighted by molar-refractivity contribution is 5.91. The second-order valence-electron chi connectivity index (χ2n) is 8.55. The Morgan fingerprint density at radius 1 is 0.875 bits per heavy atom. The summed E-state index contributed by atoms with van der Waals surface area (Å²) in [6, 6.07) is 20.5. The smallest absolute Gasteiger partial charge is 0.162 e. The fourth-order valence-electron chi connectivity index (χ4n) is 4.94. The molecule has 0 amide bonds. The van der Waals surface area contributed by atoms with Gasteiger partial charge in [-0.15, -0.1) is 0 Å². The quantitative estimate of drug-likeness (QED) is 0.347. The van der Waals surface area contributed by atoms with Gasteiger partial charge in [0.25, 0.3) is 0 Å². The van der Waals surface area contributed by atoms with Gasteiger partial charge in [-0.2, -0.15) is 0 Å². The summed E-state index contributed by atoms with van der Waals surface area (Å²) in [6.45, 7) is 2.33. The lowest BCUT2D eigenvalue weighted by atomic mass is 9.86. The van der Waals surface area contributed by atoms with Crippen molar-refractivity contribution in [3.8, 4) is 11.3 Å². The molecule has 32 heavy (non-hydrogen) atoms. The second kappa shape index (κ2) is 8.83. The summed E-state index contributed by atoms with van der Waals surface area (Å²) in [4.78, 5) is 5.89. The van der Waals surface area contributed by atoms with E-state index in [0.717, 1.165) is 37.5 Å². The normalized spacial score (nSPS) is 15.5. The largest absolute Gasteiger partial charge is 0.354 e. The van der Waals surface area contributed by atoms with Crippen LogP contribution in [0.3, 0.4) is 0 Å². The van der Waals surface area contributed by atoms with E-state index < -0.39 is 17.5 Å². The molecule has 1 fully saturated rings. The third kappa shape index (κ3) is 4.05. The molecule has 0 spiro atoms. The molecule has 0 radical (unpaired) electrons. The topological polar surface area (TPSA) is 19.0 Å². The lowest BCUT2D eigenvalue weighted by molar-refractivity contribution is 0.214. The number of nitrogens with one attached hydrogen (secondary N) is 1. The molecule has 2 heterocycles. The van der Waals surface area contributed by atoms with Gasteiger partial charge < -0.3 is 9.88 Å². The third-order valence-corrected chi connectivity index (χ3v) is 6.57. The fourth-order valence-corrected chi connectivity index (χ4v) is 4.94. The number of halogens is 3. The van der Waals surface area contributed by atoms with Crippen LogP contribution in [0, 0.1) is 17.5 Å². The van der Waals surface area contributed by atoms with Crippen LogP contribution in [0.25, 0.3) is 22.2 Å². The van der Waals surface area contributed by atoms with Crippen LogP contribution in [-0.4, -0.2) is 29.5 Å². The van der Waals surface area contributed by atoms with Crippen molar-refractivity contribution < 1.29 is 13.2 Å². The van der Waals surface area contributed by atoms with E-state index in [0.29, 0.717) is 24.9 Å². The predicted octanol–water partition coefficient (Wildman–Crippen LogP) is 6.67. The van der Waals surface area contributed by atoms with Gasteiger partial charge in [0.1, 0.15) is 5.82 Å². The minimum Gasteiger partial charge on any atom is -0.354 e. The number of aromatic amines is 1. The summed E-state index contributed by atoms with van der Waals surface area (Å²) in [7, 11) is 0. The van der Waals surface area contributed by atoms with Crippen LogP contribution in [0.1, 0.15) is 29.9 Å². The first kappa shape index (κ1) is 20.8. The molecule has 1 saturated heterocycles. The highest BCUT2D eigenvalue weighted by Gasteiger charge is 2.26. The molecule has 1 N–H and O–H groups in total. The Kier molecular flexibility index (Phi) is 5.75. The number of likely N-dealkylation sites (tertiary alicyclic amines) is 1. The van der Waals surface area contributed by atoms with Crippen LogP contribution in [0.2, 0.25) is 0 Å². The van der Waals surface area contributed by atoms with Crippen LogP contribution < -0.4 is 0 Å². The fraction of sp³-hybridized carbons (Fsp3) is 0.259. The lowest BCUT2D eigenvalue weighted by Crippen LogP contribution is -2.34. The summed E-state index contributed by atoms with van der Waals surface area (Å²) in [6.07, 6.45) is 2.27. The van der Waals surface area contributed by atoms with Crippen molar-refractivity contribution in [2.75, 3.05) is 19.6 Å². The molecule has 5 heteroatoms. The zero-order valence-electron chi connectivity index (χ0n) is 17.8. The van der Waals surface area contributed by atoms with Crippen molar-refractivity contribution in [1.29, 1.82) is 0 Å². The minimum atomic E-state index is -1.12. The van der Waals surface area contributed by atoms with Crippen LogP contribution in [-0.2, 0) is 6.42 Å². The molecule has 1 aliphatic heterocycles. The first-order chi connectivity index (χ1) is 15.6. The van der Waals surface area contributed by atoms with Crippen molar-refractivity contribution in [2.24, 2.45) is 0 Å². The highest BCUT2D eigenvalue weighted by Crippen LogP contribution is 2.40. The Hall–Kier alpha value is -3.05. The SMILES string of the molecule is Fc1cc(F)c(F)c(CCN2CCC(c3c(-c4ccccc4)[nH]c4ccccc34)CC2)c1. The summed E-state index contributed by atoms with van der Waals surface area (Å²) < 4.78 is 40.9. The molecule has 164 valence electrons. The van der Waals surface area contributed by atoms with Gasteiger partial charge in [0.2, 0.25) is 0 Å². The van der Waals surface area contributed by atoms with E-state index in [1.807, 2.05) is 12.1 Å². The molecule has 0 saturated carbocycles. The van der Waals surface area contributed by atoms with Crippen molar-refractivity contribution >= 4 is 10.9 Å². The van der Waals surface area contributed by atoms with E-state index in [1.54, 1.807) is 0 Å². The molecule has 0 unspecified atom stereocenters. The Morgan fingerprint density at radius 2 is 1.59 bits per heavy atom. The number of aromatic nitrogens is 1. The molecule has 0 atom stereocenters. The van der Waals surface area contributed by atoms with Crippen molar-refractivity contribution in [3.63, 3.8) is 0 Å². The summed E-state index contributed by atoms with van der Waals surface area (Å²) in [5.74, 6) is -2.37. The Labute approximate surface area is 185 Å². The van der Waals surface area contributed by atoms with E-state index in [2.05, 4.69) is 52.3 Å². The molecular weight excluding hydrogens is 409 g/mol. The number of rotatable bonds is 5. The van der Waals surface area contributed by atoms with Gasteiger partial charge in [0.05, 0.1) is 0 Å². The maximum Gasteiger partial charge on any atom is 0.162 e. The third-order valence-electron chi connectivity index (χ3n) is 6.57. The Balaban J connectivity index is 1.33. The zero-order chi connectivity index (χ0) is 22.1. The molecule has 2 nitrogen and oxygen atoms in total. The molecule has 0 aliphatic carbocycles. The molecule has 1 aliphatic rings. The van der Waals surface area contributed by atoms with E-state index in [-0.39, 0.29) is 5.56 Å². The van der Waals surface area contributed by atoms with Gasteiger partial charge in [0, 0.05) is 29.2 Å².